The molecule has 1 rings (SSSR count). The molecule has 4 nitrogen and oxygen atoms in total. The monoisotopic (exact) mass is 227 g/mol. The summed E-state index contributed by atoms with van der Waals surface area (Å²) in [5.41, 5.74) is 0.411. The normalized spacial score (nSPS) is 14.6. The Balaban J connectivity index is 2.53. The van der Waals surface area contributed by atoms with Gasteiger partial charge in [-0.1, -0.05) is 17.8 Å². The Kier molecular flexibility index (Phi) is 4.74. The molecule has 2 unspecified atom stereocenters. The lowest BCUT2D eigenvalue weighted by Crippen LogP contribution is -2.22. The van der Waals surface area contributed by atoms with Crippen LogP contribution in [-0.2, 0) is 4.79 Å². The van der Waals surface area contributed by atoms with E-state index >= 15 is 0 Å². The van der Waals surface area contributed by atoms with Gasteiger partial charge in [0.2, 0.25) is 0 Å². The zero-order valence-electron chi connectivity index (χ0n) is 8.33. The molecule has 1 aromatic rings. The van der Waals surface area contributed by atoms with E-state index in [1.54, 1.807) is 24.4 Å². The highest BCUT2D eigenvalue weighted by molar-refractivity contribution is 8.13. The SMILES string of the molecule is CC(=O)SCC(O)C(O)c1ccccn1. The van der Waals surface area contributed by atoms with Gasteiger partial charge in [-0.15, -0.1) is 0 Å². The quantitative estimate of drug-likeness (QED) is 0.794. The number of aliphatic hydroxyl groups is 2. The first kappa shape index (κ1) is 12.2. The van der Waals surface area contributed by atoms with Crippen molar-refractivity contribution in [3.8, 4) is 0 Å². The van der Waals surface area contributed by atoms with E-state index in [1.165, 1.54) is 6.92 Å². The van der Waals surface area contributed by atoms with Crippen molar-refractivity contribution in [3.05, 3.63) is 30.1 Å². The summed E-state index contributed by atoms with van der Waals surface area (Å²) < 4.78 is 0. The molecule has 0 amide bonds. The number of nitrogens with zero attached hydrogens (tertiary/aromatic N) is 1. The summed E-state index contributed by atoms with van der Waals surface area (Å²) in [4.78, 5) is 14.6. The van der Waals surface area contributed by atoms with Gasteiger partial charge in [-0.3, -0.25) is 9.78 Å². The largest absolute Gasteiger partial charge is 0.389 e. The Morgan fingerprint density at radius 2 is 2.27 bits per heavy atom. The minimum atomic E-state index is -1.04. The molecule has 5 heteroatoms. The lowest BCUT2D eigenvalue weighted by Gasteiger charge is -2.15. The van der Waals surface area contributed by atoms with Crippen molar-refractivity contribution in [2.45, 2.75) is 19.1 Å². The summed E-state index contributed by atoms with van der Waals surface area (Å²) in [7, 11) is 0. The molecule has 0 aliphatic rings. The van der Waals surface area contributed by atoms with Crippen molar-refractivity contribution in [1.29, 1.82) is 0 Å². The Bertz CT molecular complexity index is 318. The lowest BCUT2D eigenvalue weighted by atomic mass is 10.1. The zero-order valence-corrected chi connectivity index (χ0v) is 9.15. The van der Waals surface area contributed by atoms with Crippen LogP contribution in [0.1, 0.15) is 18.7 Å². The van der Waals surface area contributed by atoms with Gasteiger partial charge in [0.15, 0.2) is 5.12 Å². The van der Waals surface area contributed by atoms with Gasteiger partial charge in [0.25, 0.3) is 0 Å². The molecular weight excluding hydrogens is 214 g/mol. The second-order valence-corrected chi connectivity index (χ2v) is 4.27. The molecule has 0 aliphatic carbocycles. The molecule has 15 heavy (non-hydrogen) atoms. The van der Waals surface area contributed by atoms with Crippen LogP contribution >= 0.6 is 11.8 Å². The fourth-order valence-corrected chi connectivity index (χ4v) is 1.63. The van der Waals surface area contributed by atoms with Crippen LogP contribution in [0, 0.1) is 0 Å². The van der Waals surface area contributed by atoms with Crippen molar-refractivity contribution < 1.29 is 15.0 Å². The third-order valence-corrected chi connectivity index (χ3v) is 2.73. The molecule has 0 saturated heterocycles. The number of thioether (sulfide) groups is 1. The molecule has 1 heterocycles. The summed E-state index contributed by atoms with van der Waals surface area (Å²) in [5.74, 6) is 0.174. The number of hydrogen-bond donors (Lipinski definition) is 2. The minimum absolute atomic E-state index is 0.0812. The number of carbonyl (C=O) groups excluding carboxylic acids is 1. The van der Waals surface area contributed by atoms with E-state index in [2.05, 4.69) is 4.98 Å². The Hall–Kier alpha value is -0.910. The highest BCUT2D eigenvalue weighted by Crippen LogP contribution is 2.17. The van der Waals surface area contributed by atoms with Crippen molar-refractivity contribution in [2.75, 3.05) is 5.75 Å². The molecule has 0 fully saturated rings. The summed E-state index contributed by atoms with van der Waals surface area (Å²) in [6, 6.07) is 5.09. The van der Waals surface area contributed by atoms with Gasteiger partial charge >= 0.3 is 0 Å². The minimum Gasteiger partial charge on any atom is -0.389 e. The van der Waals surface area contributed by atoms with Crippen LogP contribution in [-0.4, -0.2) is 32.2 Å². The molecule has 82 valence electrons. The first-order chi connectivity index (χ1) is 7.11. The van der Waals surface area contributed by atoms with Gasteiger partial charge in [0, 0.05) is 18.9 Å². The third-order valence-electron chi connectivity index (χ3n) is 1.81. The number of hydrogen-bond acceptors (Lipinski definition) is 5. The zero-order chi connectivity index (χ0) is 11.3. The molecule has 2 atom stereocenters. The van der Waals surface area contributed by atoms with Crippen molar-refractivity contribution in [2.24, 2.45) is 0 Å². The van der Waals surface area contributed by atoms with Crippen molar-refractivity contribution >= 4 is 16.9 Å². The summed E-state index contributed by atoms with van der Waals surface area (Å²) in [6.45, 7) is 1.42. The van der Waals surface area contributed by atoms with Crippen LogP contribution in [0.15, 0.2) is 24.4 Å². The van der Waals surface area contributed by atoms with Crippen LogP contribution in [0.5, 0.6) is 0 Å². The Morgan fingerprint density at radius 3 is 2.80 bits per heavy atom. The van der Waals surface area contributed by atoms with E-state index in [-0.39, 0.29) is 10.9 Å². The predicted molar refractivity (Wildman–Crippen MR) is 58.3 cm³/mol. The molecule has 0 aliphatic heterocycles. The van der Waals surface area contributed by atoms with E-state index in [0.29, 0.717) is 5.69 Å². The van der Waals surface area contributed by atoms with Crippen LogP contribution in [0.3, 0.4) is 0 Å². The molecule has 0 saturated carbocycles. The highest BCUT2D eigenvalue weighted by atomic mass is 32.2. The molecule has 0 aromatic carbocycles. The van der Waals surface area contributed by atoms with Crippen LogP contribution in [0.25, 0.3) is 0 Å². The standard InChI is InChI=1S/C10H13NO3S/c1-7(12)15-6-9(13)10(14)8-4-2-3-5-11-8/h2-5,9-10,13-14H,6H2,1H3. The number of carbonyl (C=O) groups is 1. The number of aliphatic hydroxyl groups excluding tert-OH is 2. The third kappa shape index (κ3) is 3.99. The van der Waals surface area contributed by atoms with Gasteiger partial charge in [-0.05, 0) is 12.1 Å². The average molecular weight is 227 g/mol. The van der Waals surface area contributed by atoms with E-state index < -0.39 is 12.2 Å². The van der Waals surface area contributed by atoms with Gasteiger partial charge in [-0.2, -0.15) is 0 Å². The molecule has 0 bridgehead atoms. The maximum Gasteiger partial charge on any atom is 0.185 e. The van der Waals surface area contributed by atoms with E-state index in [9.17, 15) is 15.0 Å². The number of rotatable bonds is 4. The molecule has 0 radical (unpaired) electrons. The Morgan fingerprint density at radius 1 is 1.53 bits per heavy atom. The van der Waals surface area contributed by atoms with E-state index in [4.69, 9.17) is 0 Å². The smallest absolute Gasteiger partial charge is 0.185 e. The van der Waals surface area contributed by atoms with Crippen LogP contribution in [0.4, 0.5) is 0 Å². The fraction of sp³-hybridized carbons (Fsp3) is 0.400. The van der Waals surface area contributed by atoms with Gasteiger partial charge in [-0.25, -0.2) is 0 Å². The molecule has 2 N–H and O–H groups in total. The van der Waals surface area contributed by atoms with Gasteiger partial charge in [0.1, 0.15) is 6.10 Å². The maximum absolute atomic E-state index is 10.7. The summed E-state index contributed by atoms with van der Waals surface area (Å²) in [5, 5.41) is 19.1. The van der Waals surface area contributed by atoms with Crippen molar-refractivity contribution in [1.82, 2.24) is 4.98 Å². The number of aromatic nitrogens is 1. The molecule has 0 spiro atoms. The maximum atomic E-state index is 10.7. The second kappa shape index (κ2) is 5.85. The first-order valence-electron chi connectivity index (χ1n) is 4.51. The van der Waals surface area contributed by atoms with Crippen LogP contribution < -0.4 is 0 Å². The topological polar surface area (TPSA) is 70.4 Å². The Labute approximate surface area is 92.3 Å². The lowest BCUT2D eigenvalue weighted by molar-refractivity contribution is -0.109. The van der Waals surface area contributed by atoms with E-state index in [0.717, 1.165) is 11.8 Å². The van der Waals surface area contributed by atoms with Gasteiger partial charge in [0.05, 0.1) is 11.8 Å². The fourth-order valence-electron chi connectivity index (χ4n) is 1.04. The van der Waals surface area contributed by atoms with Crippen LogP contribution in [0.2, 0.25) is 0 Å². The van der Waals surface area contributed by atoms with Gasteiger partial charge < -0.3 is 10.2 Å². The molecule has 1 aromatic heterocycles. The highest BCUT2D eigenvalue weighted by Gasteiger charge is 2.19. The van der Waals surface area contributed by atoms with Crippen molar-refractivity contribution in [3.63, 3.8) is 0 Å². The summed E-state index contributed by atoms with van der Waals surface area (Å²) in [6.07, 6.45) is -0.476. The first-order valence-corrected chi connectivity index (χ1v) is 5.50. The second-order valence-electron chi connectivity index (χ2n) is 3.07. The summed E-state index contributed by atoms with van der Waals surface area (Å²) >= 11 is 0.986. The average Bonchev–Trinajstić information content (AvgIpc) is 2.26. The van der Waals surface area contributed by atoms with E-state index in [1.807, 2.05) is 0 Å². The molecular formula is C10H13NO3S. The number of pyridine rings is 1. The predicted octanol–water partition coefficient (Wildman–Crippen LogP) is 0.756.